The van der Waals surface area contributed by atoms with Gasteiger partial charge in [0.25, 0.3) is 0 Å². The molecule has 0 saturated heterocycles. The van der Waals surface area contributed by atoms with Crippen LogP contribution in [0.3, 0.4) is 0 Å². The summed E-state index contributed by atoms with van der Waals surface area (Å²) in [6.45, 7) is 1.02. The van der Waals surface area contributed by atoms with Gasteiger partial charge < -0.3 is 14.8 Å². The van der Waals surface area contributed by atoms with Crippen LogP contribution in [0.1, 0.15) is 23.6 Å². The standard InChI is InChI=1S/C19H15F6NO4/c1-11(26-17(28)29-10-12-5-3-2-4-6-12)16(27)30-15-8-13(18(20,21)22)7-14(9-15)19(23,24)25/h2-9,11H,10H2,1H3,(H,26,28). The van der Waals surface area contributed by atoms with E-state index in [1.165, 1.54) is 0 Å². The first-order chi connectivity index (χ1) is 13.9. The number of esters is 1. The number of alkyl halides is 6. The number of alkyl carbamates (subject to hydrolysis) is 1. The Morgan fingerprint density at radius 2 is 1.47 bits per heavy atom. The van der Waals surface area contributed by atoms with E-state index >= 15 is 0 Å². The molecule has 0 heterocycles. The summed E-state index contributed by atoms with van der Waals surface area (Å²) in [6, 6.07) is 7.54. The van der Waals surface area contributed by atoms with Crippen molar-refractivity contribution in [2.24, 2.45) is 0 Å². The normalized spacial score (nSPS) is 12.8. The molecule has 1 amide bonds. The van der Waals surface area contributed by atoms with Crippen molar-refractivity contribution in [2.45, 2.75) is 31.9 Å². The number of halogens is 6. The zero-order valence-corrected chi connectivity index (χ0v) is 15.3. The first-order valence-electron chi connectivity index (χ1n) is 8.34. The lowest BCUT2D eigenvalue weighted by atomic mass is 10.1. The molecule has 0 aliphatic carbocycles. The summed E-state index contributed by atoms with van der Waals surface area (Å²) in [5, 5.41) is 2.08. The van der Waals surface area contributed by atoms with Crippen LogP contribution in [0.15, 0.2) is 48.5 Å². The molecular weight excluding hydrogens is 420 g/mol. The molecule has 5 nitrogen and oxygen atoms in total. The molecule has 2 aromatic rings. The van der Waals surface area contributed by atoms with Crippen molar-refractivity contribution >= 4 is 12.1 Å². The van der Waals surface area contributed by atoms with Crippen molar-refractivity contribution in [3.05, 3.63) is 65.2 Å². The van der Waals surface area contributed by atoms with E-state index in [-0.39, 0.29) is 24.8 Å². The summed E-state index contributed by atoms with van der Waals surface area (Å²) >= 11 is 0. The number of carbonyl (C=O) groups excluding carboxylic acids is 2. The van der Waals surface area contributed by atoms with E-state index in [9.17, 15) is 35.9 Å². The Labute approximate surface area is 166 Å². The molecule has 2 rings (SSSR count). The molecule has 0 aliphatic heterocycles. The summed E-state index contributed by atoms with van der Waals surface area (Å²) in [6.07, 6.45) is -11.2. The van der Waals surface area contributed by atoms with Crippen LogP contribution in [-0.2, 0) is 28.5 Å². The fourth-order valence-electron chi connectivity index (χ4n) is 2.19. The predicted octanol–water partition coefficient (Wildman–Crippen LogP) is 4.94. The molecule has 30 heavy (non-hydrogen) atoms. The van der Waals surface area contributed by atoms with Gasteiger partial charge in [-0.3, -0.25) is 0 Å². The largest absolute Gasteiger partial charge is 0.445 e. The van der Waals surface area contributed by atoms with Gasteiger partial charge >= 0.3 is 24.4 Å². The van der Waals surface area contributed by atoms with Gasteiger partial charge in [0.15, 0.2) is 0 Å². The number of carbonyl (C=O) groups is 2. The van der Waals surface area contributed by atoms with Gasteiger partial charge in [-0.2, -0.15) is 26.3 Å². The van der Waals surface area contributed by atoms with Gasteiger partial charge in [0, 0.05) is 0 Å². The Bertz CT molecular complexity index is 864. The van der Waals surface area contributed by atoms with Gasteiger partial charge in [-0.05, 0) is 30.7 Å². The minimum atomic E-state index is -5.09. The van der Waals surface area contributed by atoms with E-state index in [2.05, 4.69) is 10.1 Å². The molecule has 2 aromatic carbocycles. The number of benzene rings is 2. The predicted molar refractivity (Wildman–Crippen MR) is 91.3 cm³/mol. The number of ether oxygens (including phenoxy) is 2. The Hall–Kier alpha value is -3.24. The number of hydrogen-bond donors (Lipinski definition) is 1. The zero-order chi connectivity index (χ0) is 22.5. The molecule has 1 N–H and O–H groups in total. The third-order valence-corrected chi connectivity index (χ3v) is 3.68. The highest BCUT2D eigenvalue weighted by atomic mass is 19.4. The fraction of sp³-hybridized carbons (Fsp3) is 0.263. The minimum absolute atomic E-state index is 0.0973. The number of hydrogen-bond acceptors (Lipinski definition) is 4. The first-order valence-corrected chi connectivity index (χ1v) is 8.34. The smallest absolute Gasteiger partial charge is 0.416 e. The highest BCUT2D eigenvalue weighted by Crippen LogP contribution is 2.38. The Kier molecular flexibility index (Phi) is 6.96. The minimum Gasteiger partial charge on any atom is -0.445 e. The number of nitrogens with one attached hydrogen (secondary N) is 1. The summed E-state index contributed by atoms with van der Waals surface area (Å²) in [4.78, 5) is 23.7. The maximum absolute atomic E-state index is 12.8. The average Bonchev–Trinajstić information content (AvgIpc) is 2.65. The Morgan fingerprint density at radius 1 is 0.933 bits per heavy atom. The number of amides is 1. The van der Waals surface area contributed by atoms with Gasteiger partial charge in [0.2, 0.25) is 0 Å². The van der Waals surface area contributed by atoms with Gasteiger partial charge in [-0.25, -0.2) is 9.59 Å². The third-order valence-electron chi connectivity index (χ3n) is 3.68. The topological polar surface area (TPSA) is 64.6 Å². The lowest BCUT2D eigenvalue weighted by molar-refractivity contribution is -0.144. The highest BCUT2D eigenvalue weighted by molar-refractivity contribution is 5.82. The molecule has 1 unspecified atom stereocenters. The second kappa shape index (κ2) is 9.06. The monoisotopic (exact) mass is 435 g/mol. The van der Waals surface area contributed by atoms with Crippen LogP contribution in [0.4, 0.5) is 31.1 Å². The van der Waals surface area contributed by atoms with Gasteiger partial charge in [0.05, 0.1) is 11.1 Å². The van der Waals surface area contributed by atoms with Crippen LogP contribution in [0, 0.1) is 0 Å². The molecule has 0 spiro atoms. The van der Waals surface area contributed by atoms with Crippen LogP contribution in [0.25, 0.3) is 0 Å². The van der Waals surface area contributed by atoms with Crippen LogP contribution in [0.2, 0.25) is 0 Å². The Balaban J connectivity index is 2.04. The van der Waals surface area contributed by atoms with Crippen molar-refractivity contribution < 1.29 is 45.4 Å². The molecular formula is C19H15F6NO4. The maximum atomic E-state index is 12.8. The van der Waals surface area contributed by atoms with E-state index < -0.39 is 47.3 Å². The second-order valence-corrected chi connectivity index (χ2v) is 6.09. The van der Waals surface area contributed by atoms with Crippen molar-refractivity contribution in [2.75, 3.05) is 0 Å². The van der Waals surface area contributed by atoms with E-state index in [0.717, 1.165) is 6.92 Å². The van der Waals surface area contributed by atoms with Crippen LogP contribution in [0.5, 0.6) is 5.75 Å². The summed E-state index contributed by atoms with van der Waals surface area (Å²) in [5.41, 5.74) is -2.61. The molecule has 0 bridgehead atoms. The molecule has 0 fully saturated rings. The van der Waals surface area contributed by atoms with Crippen molar-refractivity contribution in [1.82, 2.24) is 5.32 Å². The Morgan fingerprint density at radius 3 is 1.97 bits per heavy atom. The second-order valence-electron chi connectivity index (χ2n) is 6.09. The summed E-state index contributed by atoms with van der Waals surface area (Å²) in [7, 11) is 0. The molecule has 0 radical (unpaired) electrons. The summed E-state index contributed by atoms with van der Waals surface area (Å²) in [5.74, 6) is -2.24. The molecule has 0 aromatic heterocycles. The van der Waals surface area contributed by atoms with E-state index in [1.807, 2.05) is 0 Å². The number of rotatable bonds is 5. The average molecular weight is 435 g/mol. The molecule has 162 valence electrons. The maximum Gasteiger partial charge on any atom is 0.416 e. The zero-order valence-electron chi connectivity index (χ0n) is 15.3. The lowest BCUT2D eigenvalue weighted by Gasteiger charge is -2.16. The molecule has 0 saturated carbocycles. The van der Waals surface area contributed by atoms with E-state index in [4.69, 9.17) is 4.74 Å². The quantitative estimate of drug-likeness (QED) is 0.410. The van der Waals surface area contributed by atoms with Gasteiger partial charge in [0.1, 0.15) is 18.4 Å². The SMILES string of the molecule is CC(NC(=O)OCc1ccccc1)C(=O)Oc1cc(C(F)(F)F)cc(C(F)(F)F)c1. The van der Waals surface area contributed by atoms with Crippen molar-refractivity contribution in [3.8, 4) is 5.75 Å². The highest BCUT2D eigenvalue weighted by Gasteiger charge is 2.37. The molecule has 0 aliphatic rings. The van der Waals surface area contributed by atoms with Gasteiger partial charge in [-0.1, -0.05) is 30.3 Å². The van der Waals surface area contributed by atoms with E-state index in [1.54, 1.807) is 30.3 Å². The third kappa shape index (κ3) is 6.68. The van der Waals surface area contributed by atoms with Crippen molar-refractivity contribution in [1.29, 1.82) is 0 Å². The molecule has 1 atom stereocenters. The first kappa shape index (κ1) is 23.0. The van der Waals surface area contributed by atoms with Gasteiger partial charge in [-0.15, -0.1) is 0 Å². The van der Waals surface area contributed by atoms with Crippen LogP contribution >= 0.6 is 0 Å². The fourth-order valence-corrected chi connectivity index (χ4v) is 2.19. The van der Waals surface area contributed by atoms with E-state index in [0.29, 0.717) is 5.56 Å². The van der Waals surface area contributed by atoms with Crippen molar-refractivity contribution in [3.63, 3.8) is 0 Å². The summed E-state index contributed by atoms with van der Waals surface area (Å²) < 4.78 is 86.6. The van der Waals surface area contributed by atoms with Crippen LogP contribution < -0.4 is 10.1 Å². The molecule has 11 heteroatoms. The lowest BCUT2D eigenvalue weighted by Crippen LogP contribution is -2.41. The van der Waals surface area contributed by atoms with Crippen LogP contribution in [-0.4, -0.2) is 18.1 Å².